The molecule has 2 aromatic rings. The summed E-state index contributed by atoms with van der Waals surface area (Å²) in [6.07, 6.45) is 0.992. The number of benzene rings is 1. The van der Waals surface area contributed by atoms with Crippen molar-refractivity contribution in [2.75, 3.05) is 13.1 Å². The molecule has 0 radical (unpaired) electrons. The van der Waals surface area contributed by atoms with Gasteiger partial charge in [0.1, 0.15) is 11.3 Å². The Morgan fingerprint density at radius 3 is 2.43 bits per heavy atom. The van der Waals surface area contributed by atoms with Gasteiger partial charge in [-0.1, -0.05) is 32.4 Å². The molecule has 2 N–H and O–H groups in total. The molecule has 0 saturated heterocycles. The largest absolute Gasteiger partial charge is 0.459 e. The van der Waals surface area contributed by atoms with Gasteiger partial charge in [0.2, 0.25) is 0 Å². The van der Waals surface area contributed by atoms with Crippen molar-refractivity contribution in [3.8, 4) is 0 Å². The topological polar surface area (TPSA) is 42.4 Å². The first-order valence-electron chi connectivity index (χ1n) is 7.97. The zero-order valence-corrected chi connectivity index (χ0v) is 13.9. The standard InChI is InChI=1S/C18H28N2O/c1-6-18(5,20(7-2)8-3)17(19)16-12-14-11-13(4)9-10-15(14)21-16/h9-12,17H,6-8,19H2,1-5H3. The zero-order valence-electron chi connectivity index (χ0n) is 13.9. The third-order valence-corrected chi connectivity index (χ3v) is 4.87. The highest BCUT2D eigenvalue weighted by Gasteiger charge is 2.37. The molecule has 2 atom stereocenters. The lowest BCUT2D eigenvalue weighted by molar-refractivity contribution is 0.0773. The SMILES string of the molecule is CCN(CC)C(C)(CC)C(N)c1cc2cc(C)ccc2o1. The van der Waals surface area contributed by atoms with Crippen LogP contribution in [0.4, 0.5) is 0 Å². The maximum atomic E-state index is 6.60. The van der Waals surface area contributed by atoms with Crippen molar-refractivity contribution < 1.29 is 4.42 Å². The van der Waals surface area contributed by atoms with Crippen molar-refractivity contribution in [1.82, 2.24) is 4.90 Å². The van der Waals surface area contributed by atoms with E-state index < -0.39 is 0 Å². The number of nitrogens with two attached hydrogens (primary N) is 1. The summed E-state index contributed by atoms with van der Waals surface area (Å²) >= 11 is 0. The highest BCUT2D eigenvalue weighted by molar-refractivity contribution is 5.78. The summed E-state index contributed by atoms with van der Waals surface area (Å²) in [7, 11) is 0. The Hall–Kier alpha value is -1.32. The molecule has 0 fully saturated rings. The Balaban J connectivity index is 2.41. The molecule has 0 saturated carbocycles. The lowest BCUT2D eigenvalue weighted by atomic mass is 9.86. The van der Waals surface area contributed by atoms with Crippen LogP contribution < -0.4 is 5.73 Å². The molecule has 116 valence electrons. The van der Waals surface area contributed by atoms with E-state index in [1.54, 1.807) is 0 Å². The molecule has 0 aliphatic rings. The van der Waals surface area contributed by atoms with Gasteiger partial charge < -0.3 is 10.2 Å². The fourth-order valence-corrected chi connectivity index (χ4v) is 3.23. The molecular weight excluding hydrogens is 260 g/mol. The highest BCUT2D eigenvalue weighted by Crippen LogP contribution is 2.35. The molecular formula is C18H28N2O. The van der Waals surface area contributed by atoms with Crippen molar-refractivity contribution in [3.05, 3.63) is 35.6 Å². The number of furan rings is 1. The third kappa shape index (κ3) is 2.85. The summed E-state index contributed by atoms with van der Waals surface area (Å²) < 4.78 is 6.02. The van der Waals surface area contributed by atoms with Crippen molar-refractivity contribution in [3.63, 3.8) is 0 Å². The molecule has 3 heteroatoms. The summed E-state index contributed by atoms with van der Waals surface area (Å²) in [4.78, 5) is 2.43. The average molecular weight is 288 g/mol. The van der Waals surface area contributed by atoms with Gasteiger partial charge in [0, 0.05) is 10.9 Å². The summed E-state index contributed by atoms with van der Waals surface area (Å²) in [5, 5.41) is 1.14. The van der Waals surface area contributed by atoms with Gasteiger partial charge in [0.15, 0.2) is 0 Å². The van der Waals surface area contributed by atoms with Crippen molar-refractivity contribution in [1.29, 1.82) is 0 Å². The quantitative estimate of drug-likeness (QED) is 0.864. The van der Waals surface area contributed by atoms with Gasteiger partial charge in [-0.15, -0.1) is 0 Å². The molecule has 0 aliphatic carbocycles. The maximum absolute atomic E-state index is 6.60. The second-order valence-corrected chi connectivity index (χ2v) is 6.05. The molecule has 1 heterocycles. The highest BCUT2D eigenvalue weighted by atomic mass is 16.3. The van der Waals surface area contributed by atoms with E-state index in [0.717, 1.165) is 36.2 Å². The van der Waals surface area contributed by atoms with Crippen LogP contribution in [0.25, 0.3) is 11.0 Å². The normalized spacial score (nSPS) is 16.3. The Bertz CT molecular complexity index is 600. The Morgan fingerprint density at radius 2 is 1.86 bits per heavy atom. The summed E-state index contributed by atoms with van der Waals surface area (Å²) in [6.45, 7) is 12.9. The number of hydrogen-bond donors (Lipinski definition) is 1. The number of likely N-dealkylation sites (N-methyl/N-ethyl adjacent to an activating group) is 1. The van der Waals surface area contributed by atoms with E-state index in [2.05, 4.69) is 57.7 Å². The zero-order chi connectivity index (χ0) is 15.6. The number of rotatable bonds is 6. The number of hydrogen-bond acceptors (Lipinski definition) is 3. The fourth-order valence-electron chi connectivity index (χ4n) is 3.23. The number of fused-ring (bicyclic) bond motifs is 1. The number of aryl methyl sites for hydroxylation is 1. The molecule has 3 nitrogen and oxygen atoms in total. The minimum absolute atomic E-state index is 0.0909. The minimum Gasteiger partial charge on any atom is -0.459 e. The first-order chi connectivity index (χ1) is 9.96. The maximum Gasteiger partial charge on any atom is 0.134 e. The molecule has 0 spiro atoms. The molecule has 1 aromatic heterocycles. The van der Waals surface area contributed by atoms with Crippen molar-refractivity contribution in [2.45, 2.75) is 52.6 Å². The Morgan fingerprint density at radius 1 is 1.19 bits per heavy atom. The lowest BCUT2D eigenvalue weighted by Gasteiger charge is -2.43. The molecule has 2 rings (SSSR count). The molecule has 0 bridgehead atoms. The smallest absolute Gasteiger partial charge is 0.134 e. The second-order valence-electron chi connectivity index (χ2n) is 6.05. The van der Waals surface area contributed by atoms with Gasteiger partial charge in [0.25, 0.3) is 0 Å². The molecule has 21 heavy (non-hydrogen) atoms. The van der Waals surface area contributed by atoms with Crippen LogP contribution >= 0.6 is 0 Å². The first-order valence-corrected chi connectivity index (χ1v) is 7.97. The van der Waals surface area contributed by atoms with Gasteiger partial charge >= 0.3 is 0 Å². The van der Waals surface area contributed by atoms with Crippen LogP contribution in [0.15, 0.2) is 28.7 Å². The average Bonchev–Trinajstić information content (AvgIpc) is 2.90. The predicted octanol–water partition coefficient (Wildman–Crippen LogP) is 4.25. The van der Waals surface area contributed by atoms with Crippen LogP contribution in [0.3, 0.4) is 0 Å². The third-order valence-electron chi connectivity index (χ3n) is 4.87. The van der Waals surface area contributed by atoms with Crippen LogP contribution in [-0.2, 0) is 0 Å². The molecule has 1 aromatic carbocycles. The van der Waals surface area contributed by atoms with Crippen LogP contribution in [0, 0.1) is 6.92 Å². The van der Waals surface area contributed by atoms with Crippen LogP contribution in [0.1, 0.15) is 51.5 Å². The van der Waals surface area contributed by atoms with Gasteiger partial charge in [-0.3, -0.25) is 4.90 Å². The Labute approximate surface area is 128 Å². The van der Waals surface area contributed by atoms with Crippen molar-refractivity contribution in [2.24, 2.45) is 5.73 Å². The van der Waals surface area contributed by atoms with E-state index in [1.807, 2.05) is 6.07 Å². The van der Waals surface area contributed by atoms with E-state index in [4.69, 9.17) is 10.2 Å². The van der Waals surface area contributed by atoms with E-state index in [-0.39, 0.29) is 11.6 Å². The molecule has 0 amide bonds. The summed E-state index contributed by atoms with van der Waals surface area (Å²) in [5.74, 6) is 0.881. The minimum atomic E-state index is -0.130. The van der Waals surface area contributed by atoms with E-state index in [1.165, 1.54) is 5.56 Å². The van der Waals surface area contributed by atoms with E-state index in [9.17, 15) is 0 Å². The number of nitrogens with zero attached hydrogens (tertiary/aromatic N) is 1. The van der Waals surface area contributed by atoms with Crippen LogP contribution in [0.2, 0.25) is 0 Å². The monoisotopic (exact) mass is 288 g/mol. The Kier molecular flexibility index (Phi) is 4.74. The first kappa shape index (κ1) is 16.1. The predicted molar refractivity (Wildman–Crippen MR) is 89.5 cm³/mol. The van der Waals surface area contributed by atoms with Gasteiger partial charge in [0.05, 0.1) is 6.04 Å². The molecule has 0 aliphatic heterocycles. The van der Waals surface area contributed by atoms with Crippen LogP contribution in [-0.4, -0.2) is 23.5 Å². The second kappa shape index (κ2) is 6.20. The summed E-state index contributed by atoms with van der Waals surface area (Å²) in [6, 6.07) is 8.22. The van der Waals surface area contributed by atoms with Gasteiger partial charge in [-0.05, 0) is 51.6 Å². The van der Waals surface area contributed by atoms with Crippen molar-refractivity contribution >= 4 is 11.0 Å². The van der Waals surface area contributed by atoms with E-state index >= 15 is 0 Å². The fraction of sp³-hybridized carbons (Fsp3) is 0.556. The summed E-state index contributed by atoms with van der Waals surface area (Å²) in [5.41, 5.74) is 8.67. The van der Waals surface area contributed by atoms with Gasteiger partial charge in [-0.2, -0.15) is 0 Å². The lowest BCUT2D eigenvalue weighted by Crippen LogP contribution is -2.52. The van der Waals surface area contributed by atoms with Crippen LogP contribution in [0.5, 0.6) is 0 Å². The molecule has 2 unspecified atom stereocenters. The van der Waals surface area contributed by atoms with E-state index in [0.29, 0.717) is 0 Å². The van der Waals surface area contributed by atoms with Gasteiger partial charge in [-0.25, -0.2) is 0 Å².